The first-order valence-electron chi connectivity index (χ1n) is 18.9. The number of carbonyl (C=O) groups is 2. The monoisotopic (exact) mass is 705 g/mol. The number of hydrogen-bond acceptors (Lipinski definition) is 8. The molecule has 11 heteroatoms. The fraction of sp³-hybridized carbons (Fsp3) is 0.838. The third-order valence-electron chi connectivity index (χ3n) is 7.57. The van der Waals surface area contributed by atoms with Crippen LogP contribution >= 0.6 is 7.82 Å². The van der Waals surface area contributed by atoms with E-state index in [4.69, 9.17) is 30.1 Å². The Hall–Kier alpha value is -1.55. The lowest BCUT2D eigenvalue weighted by molar-refractivity contribution is -0.161. The first-order valence-corrected chi connectivity index (χ1v) is 20.4. The fourth-order valence-electron chi connectivity index (χ4n) is 4.77. The van der Waals surface area contributed by atoms with Gasteiger partial charge >= 0.3 is 19.8 Å². The van der Waals surface area contributed by atoms with Crippen LogP contribution in [-0.4, -0.2) is 59.3 Å². The molecule has 0 spiro atoms. The van der Waals surface area contributed by atoms with Crippen LogP contribution in [0.15, 0.2) is 24.3 Å². The molecule has 0 saturated heterocycles. The number of aliphatic hydroxyl groups excluding tert-OH is 1. The molecule has 0 aliphatic heterocycles. The minimum atomic E-state index is -4.75. The highest BCUT2D eigenvalue weighted by atomic mass is 31.2. The fourth-order valence-corrected chi connectivity index (χ4v) is 5.13. The molecule has 0 amide bonds. The summed E-state index contributed by atoms with van der Waals surface area (Å²) in [4.78, 5) is 42.5. The van der Waals surface area contributed by atoms with E-state index in [9.17, 15) is 14.2 Å². The van der Waals surface area contributed by atoms with Crippen LogP contribution in [0.1, 0.15) is 168 Å². The maximum atomic E-state index is 12.3. The number of aliphatic hydroxyl groups is 1. The number of esters is 2. The minimum Gasteiger partial charge on any atom is -0.462 e. The van der Waals surface area contributed by atoms with Crippen LogP contribution in [0, 0.1) is 0 Å². The molecule has 48 heavy (non-hydrogen) atoms. The molecule has 284 valence electrons. The van der Waals surface area contributed by atoms with Crippen LogP contribution < -0.4 is 5.73 Å². The molecule has 0 heterocycles. The van der Waals surface area contributed by atoms with Gasteiger partial charge in [-0.2, -0.15) is 0 Å². The molecule has 0 saturated carbocycles. The van der Waals surface area contributed by atoms with Crippen LogP contribution in [0.4, 0.5) is 0 Å². The number of rotatable bonds is 33. The van der Waals surface area contributed by atoms with Crippen molar-refractivity contribution in [3.63, 3.8) is 0 Å². The van der Waals surface area contributed by atoms with Crippen molar-refractivity contribution < 1.29 is 43.0 Å². The Labute approximate surface area is 292 Å². The van der Waals surface area contributed by atoms with E-state index in [0.717, 1.165) is 64.2 Å². The van der Waals surface area contributed by atoms with E-state index in [1.807, 2.05) is 0 Å². The lowest BCUT2D eigenvalue weighted by Gasteiger charge is -2.18. The third kappa shape index (κ3) is 42.5. The average molecular weight is 706 g/mol. The summed E-state index contributed by atoms with van der Waals surface area (Å²) in [6, 6.07) is 0. The summed E-state index contributed by atoms with van der Waals surface area (Å²) in [6.45, 7) is 4.09. The largest absolute Gasteiger partial charge is 0.469 e. The van der Waals surface area contributed by atoms with Crippen molar-refractivity contribution in [3.05, 3.63) is 24.3 Å². The maximum absolute atomic E-state index is 12.3. The highest BCUT2D eigenvalue weighted by Crippen LogP contribution is 2.36. The first-order chi connectivity index (χ1) is 23.2. The Kier molecular flexibility index (Phi) is 38.7. The number of carbonyl (C=O) groups excluding carboxylic acids is 2. The Balaban J connectivity index is 0. The molecule has 10 nitrogen and oxygen atoms in total. The molecule has 0 aromatic rings. The normalized spacial score (nSPS) is 12.3. The van der Waals surface area contributed by atoms with Gasteiger partial charge in [0, 0.05) is 19.4 Å². The molecule has 0 rings (SSSR count). The number of ether oxygens (including phenoxy) is 2. The van der Waals surface area contributed by atoms with Crippen molar-refractivity contribution >= 4 is 19.8 Å². The van der Waals surface area contributed by atoms with Crippen LogP contribution in [-0.2, 0) is 28.2 Å². The van der Waals surface area contributed by atoms with Gasteiger partial charge in [-0.05, 0) is 64.2 Å². The first kappa shape index (κ1) is 48.6. The maximum Gasteiger partial charge on any atom is 0.469 e. The smallest absolute Gasteiger partial charge is 0.462 e. The number of unbranched alkanes of at least 4 members (excludes halogenated alkanes) is 18. The zero-order chi connectivity index (χ0) is 36.0. The lowest BCUT2D eigenvalue weighted by atomic mass is 10.1. The Morgan fingerprint density at radius 1 is 0.625 bits per heavy atom. The predicted octanol–water partition coefficient (Wildman–Crippen LogP) is 9.00. The molecule has 0 bridgehead atoms. The van der Waals surface area contributed by atoms with E-state index >= 15 is 0 Å². The van der Waals surface area contributed by atoms with Crippen LogP contribution in [0.3, 0.4) is 0 Å². The highest BCUT2D eigenvalue weighted by Gasteiger charge is 2.22. The lowest BCUT2D eigenvalue weighted by Crippen LogP contribution is -2.29. The van der Waals surface area contributed by atoms with E-state index in [1.54, 1.807) is 0 Å². The number of nitrogens with two attached hydrogens (primary N) is 1. The van der Waals surface area contributed by atoms with Gasteiger partial charge in [-0.15, -0.1) is 0 Å². The number of hydrogen-bond donors (Lipinski definition) is 4. The Morgan fingerprint density at radius 2 is 1.00 bits per heavy atom. The molecule has 0 radical (unpaired) electrons. The summed E-state index contributed by atoms with van der Waals surface area (Å²) in [6.07, 6.45) is 33.2. The zero-order valence-corrected chi connectivity index (χ0v) is 31.4. The summed E-state index contributed by atoms with van der Waals surface area (Å²) in [5.41, 5.74) is 4.78. The molecule has 1 unspecified atom stereocenters. The van der Waals surface area contributed by atoms with Gasteiger partial charge in [0.1, 0.15) is 6.61 Å². The third-order valence-corrected chi connectivity index (χ3v) is 8.06. The van der Waals surface area contributed by atoms with Gasteiger partial charge in [-0.25, -0.2) is 4.57 Å². The predicted molar refractivity (Wildman–Crippen MR) is 195 cm³/mol. The van der Waals surface area contributed by atoms with Crippen LogP contribution in [0.2, 0.25) is 0 Å². The second-order valence-corrected chi connectivity index (χ2v) is 13.6. The average Bonchev–Trinajstić information content (AvgIpc) is 3.06. The van der Waals surface area contributed by atoms with Crippen molar-refractivity contribution in [1.82, 2.24) is 0 Å². The van der Waals surface area contributed by atoms with Crippen molar-refractivity contribution in [2.75, 3.05) is 26.4 Å². The van der Waals surface area contributed by atoms with E-state index in [1.165, 1.54) is 64.2 Å². The number of phosphoric acid groups is 1. The summed E-state index contributed by atoms with van der Waals surface area (Å²) in [5, 5.41) is 7.75. The summed E-state index contributed by atoms with van der Waals surface area (Å²) in [7, 11) is -4.75. The molecular formula is C37H72NO9P. The van der Waals surface area contributed by atoms with Gasteiger partial charge in [0.2, 0.25) is 0 Å². The molecular weight excluding hydrogens is 633 g/mol. The van der Waals surface area contributed by atoms with E-state index in [-0.39, 0.29) is 26.1 Å². The standard InChI is InChI=1S/C35H65O8P.C2H7NO/c1-3-5-7-9-11-13-15-17-19-21-23-25-27-29-34(36)41-31-33(32-42-44(38,39)40)43-35(37)30-28-26-24-22-20-18-16-14-12-10-8-6-4-2;3-1-2-4/h13-16,33H,3-12,17-32H2,1-2H3,(H2,38,39,40);4H,1-3H2/b15-13-,16-14-;. The van der Waals surface area contributed by atoms with E-state index in [0.29, 0.717) is 19.4 Å². The minimum absolute atomic E-state index is 0.0972. The topological polar surface area (TPSA) is 166 Å². The molecule has 5 N–H and O–H groups in total. The Morgan fingerprint density at radius 3 is 1.40 bits per heavy atom. The molecule has 0 aliphatic rings. The quantitative estimate of drug-likeness (QED) is 0.0224. The Bertz CT molecular complexity index is 815. The molecule has 0 aromatic heterocycles. The number of phosphoric ester groups is 1. The van der Waals surface area contributed by atoms with Crippen molar-refractivity contribution in [2.45, 2.75) is 174 Å². The summed E-state index contributed by atoms with van der Waals surface area (Å²) in [5.74, 6) is -0.905. The van der Waals surface area contributed by atoms with Gasteiger partial charge in [-0.3, -0.25) is 14.1 Å². The second kappa shape index (κ2) is 38.3. The van der Waals surface area contributed by atoms with Gasteiger partial charge in [0.15, 0.2) is 6.10 Å². The molecule has 0 aliphatic carbocycles. The van der Waals surface area contributed by atoms with Crippen molar-refractivity contribution in [3.8, 4) is 0 Å². The highest BCUT2D eigenvalue weighted by molar-refractivity contribution is 7.46. The molecule has 0 aromatic carbocycles. The van der Waals surface area contributed by atoms with Crippen LogP contribution in [0.25, 0.3) is 0 Å². The van der Waals surface area contributed by atoms with E-state index in [2.05, 4.69) is 42.7 Å². The van der Waals surface area contributed by atoms with Gasteiger partial charge in [-0.1, -0.05) is 115 Å². The van der Waals surface area contributed by atoms with Crippen molar-refractivity contribution in [2.24, 2.45) is 5.73 Å². The number of allylic oxidation sites excluding steroid dienone is 4. The van der Waals surface area contributed by atoms with Crippen molar-refractivity contribution in [1.29, 1.82) is 0 Å². The van der Waals surface area contributed by atoms with Gasteiger partial charge < -0.3 is 30.1 Å². The summed E-state index contributed by atoms with van der Waals surface area (Å²) >= 11 is 0. The SMILES string of the molecule is CCCCCC/C=C\CCCCCCCC(=O)OCC(COP(=O)(O)O)OC(=O)CCCCCCC/C=C\CCCCCC.NCCO. The van der Waals surface area contributed by atoms with Gasteiger partial charge in [0.05, 0.1) is 13.2 Å². The second-order valence-electron chi connectivity index (χ2n) is 12.3. The molecule has 1 atom stereocenters. The van der Waals surface area contributed by atoms with E-state index < -0.39 is 32.5 Å². The van der Waals surface area contributed by atoms with Gasteiger partial charge in [0.25, 0.3) is 0 Å². The molecule has 0 fully saturated rings. The zero-order valence-electron chi connectivity index (χ0n) is 30.5. The van der Waals surface area contributed by atoms with Crippen LogP contribution in [0.5, 0.6) is 0 Å². The summed E-state index contributed by atoms with van der Waals surface area (Å²) < 4.78 is 26.2.